The van der Waals surface area contributed by atoms with E-state index in [4.69, 9.17) is 9.26 Å². The molecule has 0 bridgehead atoms. The van der Waals surface area contributed by atoms with Crippen LogP contribution in [-0.2, 0) is 20.7 Å². The zero-order valence-electron chi connectivity index (χ0n) is 14.0. The molecule has 0 aliphatic heterocycles. The number of carbonyl (C=O) groups is 2. The number of ether oxygens (including phenoxy) is 1. The number of hydrogen-bond donors (Lipinski definition) is 1. The number of amides is 1. The van der Waals surface area contributed by atoms with Gasteiger partial charge in [-0.3, -0.25) is 9.59 Å². The zero-order chi connectivity index (χ0) is 18.4. The average molecular weight is 391 g/mol. The van der Waals surface area contributed by atoms with Gasteiger partial charge in [0.2, 0.25) is 17.6 Å². The Morgan fingerprint density at radius 1 is 1.27 bits per heavy atom. The highest BCUT2D eigenvalue weighted by Gasteiger charge is 2.20. The number of nitrogens with zero attached hydrogens (tertiary/aromatic N) is 2. The van der Waals surface area contributed by atoms with Gasteiger partial charge in [-0.2, -0.15) is 4.98 Å². The average Bonchev–Trinajstić information content (AvgIpc) is 3.41. The number of thiophene rings is 2. The van der Waals surface area contributed by atoms with Gasteiger partial charge in [-0.25, -0.2) is 0 Å². The van der Waals surface area contributed by atoms with Gasteiger partial charge >= 0.3 is 5.97 Å². The van der Waals surface area contributed by atoms with E-state index in [2.05, 4.69) is 15.5 Å². The molecule has 1 unspecified atom stereocenters. The summed E-state index contributed by atoms with van der Waals surface area (Å²) in [4.78, 5) is 30.0. The summed E-state index contributed by atoms with van der Waals surface area (Å²) in [7, 11) is 1.33. The maximum atomic E-state index is 12.3. The first kappa shape index (κ1) is 18.3. The summed E-state index contributed by atoms with van der Waals surface area (Å²) in [5.74, 6) is 0.367. The number of rotatable bonds is 8. The van der Waals surface area contributed by atoms with E-state index >= 15 is 0 Å². The number of aromatic nitrogens is 2. The molecule has 0 aliphatic rings. The summed E-state index contributed by atoms with van der Waals surface area (Å²) >= 11 is 3.00. The first-order chi connectivity index (χ1) is 12.7. The van der Waals surface area contributed by atoms with Crippen LogP contribution in [0.2, 0.25) is 0 Å². The molecule has 0 aromatic carbocycles. The SMILES string of the molecule is COC(=O)CC(NC(=O)CCc1nc(-c2cccs2)no1)c1cccs1. The van der Waals surface area contributed by atoms with Crippen LogP contribution in [0.25, 0.3) is 10.7 Å². The molecule has 9 heteroatoms. The molecule has 1 N–H and O–H groups in total. The second kappa shape index (κ2) is 8.72. The van der Waals surface area contributed by atoms with Crippen molar-refractivity contribution in [2.45, 2.75) is 25.3 Å². The van der Waals surface area contributed by atoms with Gasteiger partial charge in [0.15, 0.2) is 0 Å². The van der Waals surface area contributed by atoms with Crippen LogP contribution in [0.3, 0.4) is 0 Å². The standard InChI is InChI=1S/C17H17N3O4S2/c1-23-16(22)10-11(12-4-2-8-25-12)18-14(21)6-7-15-19-17(20-24-15)13-5-3-9-26-13/h2-5,8-9,11H,6-7,10H2,1H3,(H,18,21). The Labute approximate surface area is 158 Å². The van der Waals surface area contributed by atoms with Crippen molar-refractivity contribution >= 4 is 34.6 Å². The molecular formula is C17H17N3O4S2. The minimum Gasteiger partial charge on any atom is -0.469 e. The predicted octanol–water partition coefficient (Wildman–Crippen LogP) is 3.21. The van der Waals surface area contributed by atoms with E-state index in [-0.39, 0.29) is 24.7 Å². The predicted molar refractivity (Wildman–Crippen MR) is 97.8 cm³/mol. The highest BCUT2D eigenvalue weighted by atomic mass is 32.1. The minimum atomic E-state index is -0.403. The third kappa shape index (κ3) is 4.77. The molecular weight excluding hydrogens is 374 g/mol. The minimum absolute atomic E-state index is 0.0891. The summed E-state index contributed by atoms with van der Waals surface area (Å²) < 4.78 is 9.90. The van der Waals surface area contributed by atoms with E-state index in [1.54, 1.807) is 0 Å². The van der Waals surface area contributed by atoms with Gasteiger partial charge in [-0.1, -0.05) is 17.3 Å². The van der Waals surface area contributed by atoms with E-state index in [1.807, 2.05) is 35.0 Å². The van der Waals surface area contributed by atoms with Gasteiger partial charge in [0.05, 0.1) is 24.4 Å². The lowest BCUT2D eigenvalue weighted by atomic mass is 10.1. The maximum absolute atomic E-state index is 12.3. The molecule has 1 amide bonds. The summed E-state index contributed by atoms with van der Waals surface area (Å²) in [6.45, 7) is 0. The van der Waals surface area contributed by atoms with Crippen LogP contribution in [0.15, 0.2) is 39.5 Å². The molecule has 3 heterocycles. The molecule has 0 spiro atoms. The van der Waals surface area contributed by atoms with Crippen LogP contribution in [-0.4, -0.2) is 29.1 Å². The lowest BCUT2D eigenvalue weighted by molar-refractivity contribution is -0.141. The molecule has 136 valence electrons. The molecule has 0 aliphatic carbocycles. The molecule has 1 atom stereocenters. The number of hydrogen-bond acceptors (Lipinski definition) is 8. The van der Waals surface area contributed by atoms with Gasteiger partial charge in [-0.05, 0) is 22.9 Å². The summed E-state index contributed by atoms with van der Waals surface area (Å²) in [5, 5.41) is 10.6. The van der Waals surface area contributed by atoms with Crippen molar-refractivity contribution < 1.29 is 18.8 Å². The van der Waals surface area contributed by atoms with Crippen molar-refractivity contribution in [3.05, 3.63) is 45.8 Å². The Balaban J connectivity index is 1.56. The number of methoxy groups -OCH3 is 1. The Morgan fingerprint density at radius 2 is 2.08 bits per heavy atom. The van der Waals surface area contributed by atoms with Crippen LogP contribution in [0.5, 0.6) is 0 Å². The smallest absolute Gasteiger partial charge is 0.307 e. The number of nitrogens with one attached hydrogen (secondary N) is 1. The van der Waals surface area contributed by atoms with Crippen LogP contribution >= 0.6 is 22.7 Å². The van der Waals surface area contributed by atoms with Crippen molar-refractivity contribution in [2.24, 2.45) is 0 Å². The van der Waals surface area contributed by atoms with E-state index in [1.165, 1.54) is 29.8 Å². The molecule has 7 nitrogen and oxygen atoms in total. The fraction of sp³-hybridized carbons (Fsp3) is 0.294. The Morgan fingerprint density at radius 3 is 2.77 bits per heavy atom. The quantitative estimate of drug-likeness (QED) is 0.593. The van der Waals surface area contributed by atoms with Crippen LogP contribution in [0.1, 0.15) is 29.7 Å². The Hall–Kier alpha value is -2.52. The highest BCUT2D eigenvalue weighted by molar-refractivity contribution is 7.13. The van der Waals surface area contributed by atoms with E-state index in [9.17, 15) is 9.59 Å². The van der Waals surface area contributed by atoms with Gasteiger partial charge in [0.1, 0.15) is 0 Å². The molecule has 0 fully saturated rings. The van der Waals surface area contributed by atoms with Crippen molar-refractivity contribution in [2.75, 3.05) is 7.11 Å². The van der Waals surface area contributed by atoms with E-state index < -0.39 is 6.04 Å². The van der Waals surface area contributed by atoms with Crippen molar-refractivity contribution in [3.8, 4) is 10.7 Å². The fourth-order valence-electron chi connectivity index (χ4n) is 2.31. The first-order valence-corrected chi connectivity index (χ1v) is 9.67. The van der Waals surface area contributed by atoms with Gasteiger partial charge in [0.25, 0.3) is 0 Å². The summed E-state index contributed by atoms with van der Waals surface area (Å²) in [5.41, 5.74) is 0. The van der Waals surface area contributed by atoms with Crippen molar-refractivity contribution in [1.29, 1.82) is 0 Å². The Bertz CT molecular complexity index is 843. The third-order valence-electron chi connectivity index (χ3n) is 3.60. The second-order valence-corrected chi connectivity index (χ2v) is 7.33. The van der Waals surface area contributed by atoms with E-state index in [0.29, 0.717) is 18.1 Å². The normalized spacial score (nSPS) is 11.9. The molecule has 0 saturated heterocycles. The maximum Gasteiger partial charge on any atom is 0.307 e. The third-order valence-corrected chi connectivity index (χ3v) is 5.45. The van der Waals surface area contributed by atoms with Gasteiger partial charge in [0, 0.05) is 17.7 Å². The number of carbonyl (C=O) groups excluding carboxylic acids is 2. The van der Waals surface area contributed by atoms with Crippen molar-refractivity contribution in [3.63, 3.8) is 0 Å². The lowest BCUT2D eigenvalue weighted by Gasteiger charge is -2.16. The summed E-state index contributed by atoms with van der Waals surface area (Å²) in [6.07, 6.45) is 0.612. The molecule has 3 aromatic rings. The van der Waals surface area contributed by atoms with Gasteiger partial charge < -0.3 is 14.6 Å². The number of esters is 1. The fourth-order valence-corrected chi connectivity index (χ4v) is 3.74. The van der Waals surface area contributed by atoms with Crippen LogP contribution < -0.4 is 5.32 Å². The zero-order valence-corrected chi connectivity index (χ0v) is 15.6. The van der Waals surface area contributed by atoms with Gasteiger partial charge in [-0.15, -0.1) is 22.7 Å². The monoisotopic (exact) mass is 391 g/mol. The molecule has 26 heavy (non-hydrogen) atoms. The number of aryl methyl sites for hydroxylation is 1. The molecule has 0 saturated carbocycles. The lowest BCUT2D eigenvalue weighted by Crippen LogP contribution is -2.30. The Kier molecular flexibility index (Phi) is 6.13. The molecule has 3 aromatic heterocycles. The second-order valence-electron chi connectivity index (χ2n) is 5.40. The van der Waals surface area contributed by atoms with Crippen LogP contribution in [0, 0.1) is 0 Å². The van der Waals surface area contributed by atoms with Crippen molar-refractivity contribution in [1.82, 2.24) is 15.5 Å². The topological polar surface area (TPSA) is 94.3 Å². The highest BCUT2D eigenvalue weighted by Crippen LogP contribution is 2.23. The first-order valence-electron chi connectivity index (χ1n) is 7.91. The molecule has 3 rings (SSSR count). The van der Waals surface area contributed by atoms with Crippen LogP contribution in [0.4, 0.5) is 0 Å². The van der Waals surface area contributed by atoms with E-state index in [0.717, 1.165) is 9.75 Å². The molecule has 0 radical (unpaired) electrons. The largest absolute Gasteiger partial charge is 0.469 e. The summed E-state index contributed by atoms with van der Waals surface area (Å²) in [6, 6.07) is 7.17.